The molecule has 0 radical (unpaired) electrons. The summed E-state index contributed by atoms with van der Waals surface area (Å²) in [4.78, 5) is 11.5. The zero-order valence-corrected chi connectivity index (χ0v) is 12.5. The van der Waals surface area contributed by atoms with Gasteiger partial charge in [0.25, 0.3) is 0 Å². The number of aliphatic hydroxyl groups is 1. The van der Waals surface area contributed by atoms with Gasteiger partial charge in [0.15, 0.2) is 0 Å². The molecule has 0 aliphatic heterocycles. The number of benzene rings is 1. The lowest BCUT2D eigenvalue weighted by Crippen LogP contribution is -2.39. The molecule has 0 spiro atoms. The van der Waals surface area contributed by atoms with Crippen molar-refractivity contribution in [2.75, 3.05) is 19.7 Å². The summed E-state index contributed by atoms with van der Waals surface area (Å²) in [5.41, 5.74) is 0. The Morgan fingerprint density at radius 2 is 2.05 bits per heavy atom. The number of aliphatic hydroxyl groups excluding tert-OH is 1. The molecule has 22 heavy (non-hydrogen) atoms. The summed E-state index contributed by atoms with van der Waals surface area (Å²) in [5.74, 6) is 1.09. The SMILES string of the molecule is O=C(NCCOc1ccc(Cl)cc1)NCC(O)c1ccco1. The van der Waals surface area contributed by atoms with E-state index in [1.807, 2.05) is 0 Å². The number of rotatable bonds is 7. The van der Waals surface area contributed by atoms with Gasteiger partial charge in [0.1, 0.15) is 24.2 Å². The number of carbonyl (C=O) groups is 1. The van der Waals surface area contributed by atoms with Crippen molar-refractivity contribution >= 4 is 17.6 Å². The zero-order valence-electron chi connectivity index (χ0n) is 11.8. The van der Waals surface area contributed by atoms with Crippen LogP contribution in [0.15, 0.2) is 47.1 Å². The average molecular weight is 325 g/mol. The van der Waals surface area contributed by atoms with Crippen molar-refractivity contribution in [3.63, 3.8) is 0 Å². The number of furan rings is 1. The van der Waals surface area contributed by atoms with E-state index in [0.29, 0.717) is 29.7 Å². The molecule has 118 valence electrons. The maximum Gasteiger partial charge on any atom is 0.315 e. The van der Waals surface area contributed by atoms with Gasteiger partial charge in [0.05, 0.1) is 19.4 Å². The Morgan fingerprint density at radius 3 is 2.73 bits per heavy atom. The fraction of sp³-hybridized carbons (Fsp3) is 0.267. The van der Waals surface area contributed by atoms with Gasteiger partial charge in [-0.05, 0) is 36.4 Å². The molecule has 1 atom stereocenters. The third kappa shape index (κ3) is 5.31. The molecule has 0 saturated carbocycles. The predicted octanol–water partition coefficient (Wildman–Crippen LogP) is 2.34. The van der Waals surface area contributed by atoms with Crippen LogP contribution in [0.4, 0.5) is 4.79 Å². The van der Waals surface area contributed by atoms with Gasteiger partial charge in [-0.1, -0.05) is 11.6 Å². The zero-order chi connectivity index (χ0) is 15.8. The van der Waals surface area contributed by atoms with E-state index in [1.54, 1.807) is 36.4 Å². The van der Waals surface area contributed by atoms with Gasteiger partial charge in [0.2, 0.25) is 0 Å². The molecule has 3 N–H and O–H groups in total. The van der Waals surface area contributed by atoms with Crippen molar-refractivity contribution in [2.45, 2.75) is 6.10 Å². The molecule has 1 unspecified atom stereocenters. The van der Waals surface area contributed by atoms with Crippen molar-refractivity contribution in [1.29, 1.82) is 0 Å². The van der Waals surface area contributed by atoms with Gasteiger partial charge in [-0.25, -0.2) is 4.79 Å². The smallest absolute Gasteiger partial charge is 0.315 e. The highest BCUT2D eigenvalue weighted by atomic mass is 35.5. The third-order valence-electron chi connectivity index (χ3n) is 2.80. The average Bonchev–Trinajstić information content (AvgIpc) is 3.05. The minimum Gasteiger partial charge on any atom is -0.492 e. The van der Waals surface area contributed by atoms with E-state index in [9.17, 15) is 9.90 Å². The highest BCUT2D eigenvalue weighted by Crippen LogP contribution is 2.15. The van der Waals surface area contributed by atoms with E-state index < -0.39 is 6.10 Å². The number of hydrogen-bond acceptors (Lipinski definition) is 4. The van der Waals surface area contributed by atoms with Crippen LogP contribution in [0.2, 0.25) is 5.02 Å². The van der Waals surface area contributed by atoms with Crippen LogP contribution in [-0.4, -0.2) is 30.8 Å². The summed E-state index contributed by atoms with van der Waals surface area (Å²) in [6.07, 6.45) is 0.596. The predicted molar refractivity (Wildman–Crippen MR) is 82.0 cm³/mol. The lowest BCUT2D eigenvalue weighted by Gasteiger charge is -2.11. The number of carbonyl (C=O) groups excluding carboxylic acids is 1. The third-order valence-corrected chi connectivity index (χ3v) is 3.05. The molecule has 1 aromatic heterocycles. The first kappa shape index (κ1) is 16.2. The number of ether oxygens (including phenoxy) is 1. The molecule has 2 aromatic rings. The molecule has 0 aliphatic carbocycles. The van der Waals surface area contributed by atoms with Gasteiger partial charge >= 0.3 is 6.03 Å². The Bertz CT molecular complexity index is 572. The molecule has 1 aromatic carbocycles. The molecule has 2 rings (SSSR count). The number of nitrogens with one attached hydrogen (secondary N) is 2. The van der Waals surface area contributed by atoms with Crippen LogP contribution in [0.1, 0.15) is 11.9 Å². The topological polar surface area (TPSA) is 83.7 Å². The first-order chi connectivity index (χ1) is 10.6. The van der Waals surface area contributed by atoms with Crippen molar-refractivity contribution in [3.05, 3.63) is 53.4 Å². The first-order valence-corrected chi connectivity index (χ1v) is 7.14. The molecule has 7 heteroatoms. The number of amides is 2. The van der Waals surface area contributed by atoms with Crippen LogP contribution >= 0.6 is 11.6 Å². The van der Waals surface area contributed by atoms with E-state index in [-0.39, 0.29) is 12.6 Å². The largest absolute Gasteiger partial charge is 0.492 e. The number of hydrogen-bond donors (Lipinski definition) is 3. The Balaban J connectivity index is 1.58. The molecular formula is C15H17ClN2O4. The van der Waals surface area contributed by atoms with Crippen LogP contribution in [-0.2, 0) is 0 Å². The molecule has 2 amide bonds. The molecule has 0 fully saturated rings. The minimum absolute atomic E-state index is 0.0669. The Kier molecular flexibility index (Phi) is 6.12. The minimum atomic E-state index is -0.869. The molecule has 0 bridgehead atoms. The van der Waals surface area contributed by atoms with Crippen molar-refractivity contribution in [3.8, 4) is 5.75 Å². The van der Waals surface area contributed by atoms with Gasteiger partial charge in [-0.3, -0.25) is 0 Å². The van der Waals surface area contributed by atoms with E-state index in [0.717, 1.165) is 0 Å². The van der Waals surface area contributed by atoms with Crippen LogP contribution in [0, 0.1) is 0 Å². The van der Waals surface area contributed by atoms with Crippen LogP contribution in [0.25, 0.3) is 0 Å². The van der Waals surface area contributed by atoms with E-state index in [2.05, 4.69) is 10.6 Å². The maximum atomic E-state index is 11.5. The Morgan fingerprint density at radius 1 is 1.27 bits per heavy atom. The van der Waals surface area contributed by atoms with Crippen LogP contribution < -0.4 is 15.4 Å². The number of halogens is 1. The maximum absolute atomic E-state index is 11.5. The molecule has 1 heterocycles. The van der Waals surface area contributed by atoms with Gasteiger partial charge in [-0.2, -0.15) is 0 Å². The standard InChI is InChI=1S/C15H17ClN2O4/c16-11-3-5-12(6-4-11)21-9-7-17-15(20)18-10-13(19)14-2-1-8-22-14/h1-6,8,13,19H,7,9-10H2,(H2,17,18,20). The van der Waals surface area contributed by atoms with Gasteiger partial charge in [0, 0.05) is 5.02 Å². The molecule has 6 nitrogen and oxygen atoms in total. The summed E-state index contributed by atoms with van der Waals surface area (Å²) < 4.78 is 10.5. The normalized spacial score (nSPS) is 11.7. The number of urea groups is 1. The molecular weight excluding hydrogens is 308 g/mol. The Labute approximate surface area is 133 Å². The summed E-state index contributed by atoms with van der Waals surface area (Å²) in [5, 5.41) is 15.5. The van der Waals surface area contributed by atoms with Crippen molar-refractivity contribution < 1.29 is 19.1 Å². The van der Waals surface area contributed by atoms with Crippen LogP contribution in [0.5, 0.6) is 5.75 Å². The summed E-state index contributed by atoms with van der Waals surface area (Å²) in [6.45, 7) is 0.735. The second-order valence-corrected chi connectivity index (χ2v) is 4.91. The molecule has 0 aliphatic rings. The quantitative estimate of drug-likeness (QED) is 0.683. The molecule has 0 saturated heterocycles. The van der Waals surface area contributed by atoms with Gasteiger partial charge < -0.3 is 24.9 Å². The van der Waals surface area contributed by atoms with E-state index in [4.69, 9.17) is 20.8 Å². The van der Waals surface area contributed by atoms with Crippen molar-refractivity contribution in [2.24, 2.45) is 0 Å². The highest BCUT2D eigenvalue weighted by molar-refractivity contribution is 6.30. The van der Waals surface area contributed by atoms with E-state index in [1.165, 1.54) is 6.26 Å². The highest BCUT2D eigenvalue weighted by Gasteiger charge is 2.11. The lowest BCUT2D eigenvalue weighted by atomic mass is 10.3. The van der Waals surface area contributed by atoms with Gasteiger partial charge in [-0.15, -0.1) is 0 Å². The fourth-order valence-corrected chi connectivity index (χ4v) is 1.82. The van der Waals surface area contributed by atoms with E-state index >= 15 is 0 Å². The van der Waals surface area contributed by atoms with Crippen LogP contribution in [0.3, 0.4) is 0 Å². The second-order valence-electron chi connectivity index (χ2n) is 4.47. The van der Waals surface area contributed by atoms with Crippen molar-refractivity contribution in [1.82, 2.24) is 10.6 Å². The monoisotopic (exact) mass is 324 g/mol. The Hall–Kier alpha value is -2.18. The first-order valence-electron chi connectivity index (χ1n) is 6.76. The summed E-state index contributed by atoms with van der Waals surface area (Å²) in [7, 11) is 0. The summed E-state index contributed by atoms with van der Waals surface area (Å²) >= 11 is 5.76. The second kappa shape index (κ2) is 8.31. The summed E-state index contributed by atoms with van der Waals surface area (Å²) in [6, 6.07) is 9.90. The fourth-order valence-electron chi connectivity index (χ4n) is 1.70. The lowest BCUT2D eigenvalue weighted by molar-refractivity contribution is 0.147.